The first-order valence-electron chi connectivity index (χ1n) is 9.38. The molecule has 8 nitrogen and oxygen atoms in total. The fourth-order valence-electron chi connectivity index (χ4n) is 4.24. The molecule has 2 aliphatic heterocycles. The molecule has 0 bridgehead atoms. The second kappa shape index (κ2) is 6.96. The Bertz CT molecular complexity index is 919. The van der Waals surface area contributed by atoms with E-state index in [4.69, 9.17) is 5.73 Å². The second-order valence-electron chi connectivity index (χ2n) is 7.70. The van der Waals surface area contributed by atoms with Crippen LogP contribution in [0, 0.1) is 0 Å². The maximum absolute atomic E-state index is 13.5. The Labute approximate surface area is 164 Å². The van der Waals surface area contributed by atoms with Crippen LogP contribution in [0.25, 0.3) is 0 Å². The Morgan fingerprint density at radius 3 is 2.59 bits per heavy atom. The van der Waals surface area contributed by atoms with Gasteiger partial charge in [-0.3, -0.25) is 29.4 Å². The van der Waals surface area contributed by atoms with E-state index in [0.717, 1.165) is 4.90 Å². The van der Waals surface area contributed by atoms with E-state index in [-0.39, 0.29) is 30.5 Å². The molecule has 4 rings (SSSR count). The van der Waals surface area contributed by atoms with Crippen molar-refractivity contribution in [3.05, 3.63) is 34.9 Å². The highest BCUT2D eigenvalue weighted by Gasteiger charge is 2.46. The highest BCUT2D eigenvalue weighted by molar-refractivity contribution is 6.24. The van der Waals surface area contributed by atoms with Gasteiger partial charge in [0.15, 0.2) is 0 Å². The molecule has 10 heteroatoms. The van der Waals surface area contributed by atoms with Gasteiger partial charge < -0.3 is 11.1 Å². The zero-order chi connectivity index (χ0) is 20.9. The summed E-state index contributed by atoms with van der Waals surface area (Å²) in [4.78, 5) is 50.2. The molecule has 4 amide bonds. The van der Waals surface area contributed by atoms with E-state index >= 15 is 0 Å². The van der Waals surface area contributed by atoms with Crippen molar-refractivity contribution >= 4 is 23.6 Å². The van der Waals surface area contributed by atoms with Crippen LogP contribution in [0.3, 0.4) is 0 Å². The van der Waals surface area contributed by atoms with Crippen molar-refractivity contribution in [1.29, 1.82) is 0 Å². The molecule has 1 unspecified atom stereocenters. The molecule has 3 aliphatic rings. The van der Waals surface area contributed by atoms with Crippen LogP contribution >= 0.6 is 0 Å². The van der Waals surface area contributed by atoms with Gasteiger partial charge >= 0.3 is 0 Å². The number of hydrogen-bond donors (Lipinski definition) is 3. The van der Waals surface area contributed by atoms with Crippen LogP contribution in [-0.4, -0.2) is 52.6 Å². The summed E-state index contributed by atoms with van der Waals surface area (Å²) in [6, 6.07) is 2.34. The highest BCUT2D eigenvalue weighted by Crippen LogP contribution is 2.35. The molecule has 3 atom stereocenters. The summed E-state index contributed by atoms with van der Waals surface area (Å²) in [6.45, 7) is 0.0832. The number of fused-ring (bicyclic) bond motifs is 1. The van der Waals surface area contributed by atoms with E-state index in [1.807, 2.05) is 0 Å². The molecule has 4 N–H and O–H groups in total. The molecular weight excluding hydrogens is 386 g/mol. The topological polar surface area (TPSA) is 122 Å². The van der Waals surface area contributed by atoms with Crippen LogP contribution in [0.5, 0.6) is 0 Å². The third-order valence-corrected chi connectivity index (χ3v) is 5.68. The average Bonchev–Trinajstić information content (AvgIpc) is 3.06. The fraction of sp³-hybridized carbons (Fsp3) is 0.474. The quantitative estimate of drug-likeness (QED) is 0.619. The van der Waals surface area contributed by atoms with Crippen molar-refractivity contribution in [2.45, 2.75) is 56.3 Å². The monoisotopic (exact) mass is 406 g/mol. The number of benzene rings is 1. The maximum Gasteiger partial charge on any atom is 0.262 e. The van der Waals surface area contributed by atoms with Crippen molar-refractivity contribution < 1.29 is 28.0 Å². The SMILES string of the molecule is N[C@@H]1CC(F)(F)C[C@H]1NCc1cccc2c1C(=O)N(C1CCC(=O)NC1=O)C2=O. The summed E-state index contributed by atoms with van der Waals surface area (Å²) in [6.07, 6.45) is -0.696. The Hall–Kier alpha value is -2.72. The van der Waals surface area contributed by atoms with Crippen LogP contribution < -0.4 is 16.4 Å². The number of halogens is 2. The van der Waals surface area contributed by atoms with Crippen molar-refractivity contribution in [3.63, 3.8) is 0 Å². The van der Waals surface area contributed by atoms with E-state index in [2.05, 4.69) is 10.6 Å². The number of hydrogen-bond acceptors (Lipinski definition) is 6. The van der Waals surface area contributed by atoms with Crippen molar-refractivity contribution in [2.24, 2.45) is 5.73 Å². The van der Waals surface area contributed by atoms with Crippen molar-refractivity contribution in [2.75, 3.05) is 0 Å². The van der Waals surface area contributed by atoms with Crippen LogP contribution in [0.4, 0.5) is 8.78 Å². The normalized spacial score (nSPS) is 28.7. The molecule has 1 aromatic carbocycles. The van der Waals surface area contributed by atoms with E-state index in [1.54, 1.807) is 12.1 Å². The third kappa shape index (κ3) is 3.42. The van der Waals surface area contributed by atoms with Gasteiger partial charge in [-0.15, -0.1) is 0 Å². The van der Waals surface area contributed by atoms with Crippen LogP contribution in [0.2, 0.25) is 0 Å². The Kier molecular flexibility index (Phi) is 4.70. The van der Waals surface area contributed by atoms with Crippen molar-refractivity contribution in [1.82, 2.24) is 15.5 Å². The van der Waals surface area contributed by atoms with Gasteiger partial charge in [0.2, 0.25) is 11.8 Å². The first kappa shape index (κ1) is 19.6. The lowest BCUT2D eigenvalue weighted by Crippen LogP contribution is -2.54. The predicted octanol–water partition coefficient (Wildman–Crippen LogP) is 0.302. The minimum atomic E-state index is -2.83. The fourth-order valence-corrected chi connectivity index (χ4v) is 4.24. The largest absolute Gasteiger partial charge is 0.326 e. The van der Waals surface area contributed by atoms with Gasteiger partial charge in [-0.2, -0.15) is 0 Å². The smallest absolute Gasteiger partial charge is 0.262 e. The van der Waals surface area contributed by atoms with Gasteiger partial charge in [-0.05, 0) is 18.1 Å². The van der Waals surface area contributed by atoms with E-state index in [1.165, 1.54) is 6.07 Å². The first-order chi connectivity index (χ1) is 13.7. The lowest BCUT2D eigenvalue weighted by atomic mass is 10.0. The number of carbonyl (C=O) groups excluding carboxylic acids is 4. The van der Waals surface area contributed by atoms with E-state index < -0.39 is 60.5 Å². The lowest BCUT2D eigenvalue weighted by Gasteiger charge is -2.27. The molecule has 0 radical (unpaired) electrons. The van der Waals surface area contributed by atoms with Gasteiger partial charge in [0.05, 0.1) is 11.1 Å². The zero-order valence-corrected chi connectivity index (χ0v) is 15.4. The minimum Gasteiger partial charge on any atom is -0.326 e. The van der Waals surface area contributed by atoms with Gasteiger partial charge in [-0.25, -0.2) is 8.78 Å². The van der Waals surface area contributed by atoms with Crippen LogP contribution in [0.1, 0.15) is 52.0 Å². The lowest BCUT2D eigenvalue weighted by molar-refractivity contribution is -0.136. The third-order valence-electron chi connectivity index (χ3n) is 5.68. The highest BCUT2D eigenvalue weighted by atomic mass is 19.3. The van der Waals surface area contributed by atoms with E-state index in [0.29, 0.717) is 5.56 Å². The Morgan fingerprint density at radius 2 is 1.93 bits per heavy atom. The predicted molar refractivity (Wildman–Crippen MR) is 95.9 cm³/mol. The summed E-state index contributed by atoms with van der Waals surface area (Å²) in [5.41, 5.74) is 6.55. The summed E-state index contributed by atoms with van der Waals surface area (Å²) < 4.78 is 27.1. The molecular formula is C19H20F2N4O4. The van der Waals surface area contributed by atoms with Crippen LogP contribution in [-0.2, 0) is 16.1 Å². The number of piperidine rings is 1. The van der Waals surface area contributed by atoms with E-state index in [9.17, 15) is 28.0 Å². The molecule has 0 aromatic heterocycles. The van der Waals surface area contributed by atoms with Gasteiger partial charge in [-0.1, -0.05) is 12.1 Å². The second-order valence-corrected chi connectivity index (χ2v) is 7.70. The zero-order valence-electron chi connectivity index (χ0n) is 15.4. The number of nitrogens with one attached hydrogen (secondary N) is 2. The summed E-state index contributed by atoms with van der Waals surface area (Å²) in [5, 5.41) is 5.11. The number of nitrogens with two attached hydrogens (primary N) is 1. The average molecular weight is 406 g/mol. The molecule has 1 aromatic rings. The number of amides is 4. The molecule has 1 aliphatic carbocycles. The first-order valence-corrected chi connectivity index (χ1v) is 9.38. The molecule has 29 heavy (non-hydrogen) atoms. The number of rotatable bonds is 4. The standard InChI is InChI=1S/C19H20F2N4O4/c20-19(21)6-11(22)12(7-19)23-8-9-2-1-3-10-15(9)18(29)25(17(10)28)13-4-5-14(26)24-16(13)27/h1-3,11-13,23H,4-8,22H2,(H,24,26,27)/t11-,12-,13?/m1/s1. The number of alkyl halides is 2. The minimum absolute atomic E-state index is 0.0337. The Balaban J connectivity index is 1.55. The van der Waals surface area contributed by atoms with Gasteiger partial charge in [0, 0.05) is 37.9 Å². The van der Waals surface area contributed by atoms with Crippen LogP contribution in [0.15, 0.2) is 18.2 Å². The number of carbonyl (C=O) groups is 4. The number of imide groups is 2. The Morgan fingerprint density at radius 1 is 1.17 bits per heavy atom. The molecule has 1 saturated carbocycles. The summed E-state index contributed by atoms with van der Waals surface area (Å²) in [7, 11) is 0. The van der Waals surface area contributed by atoms with Crippen molar-refractivity contribution in [3.8, 4) is 0 Å². The summed E-state index contributed by atoms with van der Waals surface area (Å²) >= 11 is 0. The maximum atomic E-state index is 13.5. The van der Waals surface area contributed by atoms with Gasteiger partial charge in [0.1, 0.15) is 6.04 Å². The molecule has 2 heterocycles. The number of nitrogens with zero attached hydrogens (tertiary/aromatic N) is 1. The molecule has 0 spiro atoms. The molecule has 1 saturated heterocycles. The molecule has 2 fully saturated rings. The molecule has 154 valence electrons. The summed E-state index contributed by atoms with van der Waals surface area (Å²) in [5.74, 6) is -5.19. The van der Waals surface area contributed by atoms with Gasteiger partial charge in [0.25, 0.3) is 17.7 Å².